The molecule has 0 saturated carbocycles. The van der Waals surface area contributed by atoms with Gasteiger partial charge in [0.2, 0.25) is 11.8 Å². The van der Waals surface area contributed by atoms with Crippen LogP contribution in [0.1, 0.15) is 19.4 Å². The van der Waals surface area contributed by atoms with Crippen LogP contribution in [0.2, 0.25) is 0 Å². The molecule has 4 rings (SSSR count). The van der Waals surface area contributed by atoms with Gasteiger partial charge >= 0.3 is 0 Å². The summed E-state index contributed by atoms with van der Waals surface area (Å²) < 4.78 is 11.1. The Hall–Kier alpha value is -2.62. The third-order valence-electron chi connectivity index (χ3n) is 5.16. The molecule has 2 aromatic rings. The normalized spacial score (nSPS) is 20.5. The predicted octanol–water partition coefficient (Wildman–Crippen LogP) is 4.37. The molecule has 134 valence electrons. The molecule has 0 radical (unpaired) electrons. The molecule has 0 aromatic heterocycles. The van der Waals surface area contributed by atoms with E-state index in [4.69, 9.17) is 19.5 Å². The summed E-state index contributed by atoms with van der Waals surface area (Å²) in [6.45, 7) is 4.23. The van der Waals surface area contributed by atoms with Crippen LogP contribution < -0.4 is 0 Å². The summed E-state index contributed by atoms with van der Waals surface area (Å²) in [4.78, 5) is 9.56. The number of nitrogens with zero attached hydrogens (tertiary/aromatic N) is 2. The molecule has 2 aromatic carbocycles. The van der Waals surface area contributed by atoms with Gasteiger partial charge in [0.25, 0.3) is 0 Å². The Morgan fingerprint density at radius 3 is 2.15 bits per heavy atom. The number of rotatable bonds is 3. The van der Waals surface area contributed by atoms with Crippen LogP contribution in [0, 0.1) is 5.92 Å². The molecule has 4 nitrogen and oxygen atoms in total. The number of ether oxygens (including phenoxy) is 2. The van der Waals surface area contributed by atoms with E-state index in [2.05, 4.69) is 56.3 Å². The van der Waals surface area contributed by atoms with Gasteiger partial charge in [-0.1, -0.05) is 56.3 Å². The number of aliphatic imine (C=N–C) groups is 2. The summed E-state index contributed by atoms with van der Waals surface area (Å²) in [6.07, 6.45) is 0.750. The molecule has 0 spiro atoms. The average Bonchev–Trinajstić information content (AvgIpc) is 2.65. The highest BCUT2D eigenvalue weighted by atomic mass is 16.5. The van der Waals surface area contributed by atoms with Gasteiger partial charge in [0.1, 0.15) is 12.1 Å². The van der Waals surface area contributed by atoms with Crippen LogP contribution >= 0.6 is 0 Å². The van der Waals surface area contributed by atoms with Crippen molar-refractivity contribution in [2.24, 2.45) is 15.9 Å². The highest BCUT2D eigenvalue weighted by molar-refractivity contribution is 6.02. The van der Waals surface area contributed by atoms with E-state index in [1.54, 1.807) is 14.2 Å². The highest BCUT2D eigenvalue weighted by Gasteiger charge is 2.31. The summed E-state index contributed by atoms with van der Waals surface area (Å²) in [5.74, 6) is 1.69. The molecule has 1 aliphatic heterocycles. The van der Waals surface area contributed by atoms with Gasteiger partial charge in [-0.25, -0.2) is 9.98 Å². The Morgan fingerprint density at radius 2 is 1.50 bits per heavy atom. The minimum absolute atomic E-state index is 0.0742. The van der Waals surface area contributed by atoms with Crippen molar-refractivity contribution in [3.8, 4) is 22.3 Å². The maximum atomic E-state index is 5.56. The van der Waals surface area contributed by atoms with Gasteiger partial charge in [-0.05, 0) is 33.7 Å². The Kier molecular flexibility index (Phi) is 4.27. The first-order valence-corrected chi connectivity index (χ1v) is 9.08. The molecule has 2 atom stereocenters. The molecule has 0 fully saturated rings. The van der Waals surface area contributed by atoms with E-state index in [0.29, 0.717) is 17.7 Å². The molecule has 1 aliphatic carbocycles. The highest BCUT2D eigenvalue weighted by Crippen LogP contribution is 2.47. The molecular weight excluding hydrogens is 324 g/mol. The summed E-state index contributed by atoms with van der Waals surface area (Å²) in [5, 5.41) is 0. The van der Waals surface area contributed by atoms with E-state index < -0.39 is 0 Å². The van der Waals surface area contributed by atoms with Crippen LogP contribution in [0.15, 0.2) is 52.4 Å². The number of hydrogen-bond acceptors (Lipinski definition) is 4. The van der Waals surface area contributed by atoms with Crippen molar-refractivity contribution in [2.45, 2.75) is 32.4 Å². The monoisotopic (exact) mass is 348 g/mol. The molecule has 2 aliphatic rings. The number of hydrogen-bond donors (Lipinski definition) is 0. The maximum absolute atomic E-state index is 5.56. The SMILES string of the molecule is COC1=N[C@H](C(C)C)C(OC)=N[C@H]1Cc1ccc2c(c1)-c1ccccc1-2. The summed E-state index contributed by atoms with van der Waals surface area (Å²) in [7, 11) is 3.34. The first-order chi connectivity index (χ1) is 12.6. The largest absolute Gasteiger partial charge is 0.483 e. The van der Waals surface area contributed by atoms with E-state index in [0.717, 1.165) is 6.42 Å². The van der Waals surface area contributed by atoms with E-state index >= 15 is 0 Å². The van der Waals surface area contributed by atoms with E-state index in [-0.39, 0.29) is 12.1 Å². The third kappa shape index (κ3) is 2.70. The average molecular weight is 348 g/mol. The zero-order chi connectivity index (χ0) is 18.3. The Morgan fingerprint density at radius 1 is 0.846 bits per heavy atom. The first kappa shape index (κ1) is 16.8. The quantitative estimate of drug-likeness (QED) is 0.705. The minimum atomic E-state index is -0.140. The molecule has 0 unspecified atom stereocenters. The Balaban J connectivity index is 1.60. The van der Waals surface area contributed by atoms with Crippen molar-refractivity contribution in [3.63, 3.8) is 0 Å². The van der Waals surface area contributed by atoms with Crippen molar-refractivity contribution < 1.29 is 9.47 Å². The van der Waals surface area contributed by atoms with Gasteiger partial charge < -0.3 is 9.47 Å². The van der Waals surface area contributed by atoms with E-state index in [1.807, 2.05) is 0 Å². The molecule has 0 amide bonds. The standard InChI is InChI=1S/C22H24N2O2/c1-13(2)20-22(26-4)23-19(21(24-20)25-3)12-14-9-10-17-15-7-5-6-8-16(15)18(17)11-14/h5-11,13,19-20H,12H2,1-4H3/t19-,20+/m0/s1. The van der Waals surface area contributed by atoms with Crippen LogP contribution in [0.4, 0.5) is 0 Å². The van der Waals surface area contributed by atoms with Crippen molar-refractivity contribution in [1.82, 2.24) is 0 Å². The first-order valence-electron chi connectivity index (χ1n) is 9.08. The van der Waals surface area contributed by atoms with Crippen LogP contribution in [-0.2, 0) is 15.9 Å². The van der Waals surface area contributed by atoms with Crippen molar-refractivity contribution in [3.05, 3.63) is 48.0 Å². The Bertz CT molecular complexity index is 899. The predicted molar refractivity (Wildman–Crippen MR) is 106 cm³/mol. The molecular formula is C22H24N2O2. The maximum Gasteiger partial charge on any atom is 0.209 e. The van der Waals surface area contributed by atoms with Gasteiger partial charge in [-0.15, -0.1) is 0 Å². The fourth-order valence-electron chi connectivity index (χ4n) is 3.78. The lowest BCUT2D eigenvalue weighted by Gasteiger charge is -2.28. The number of benzene rings is 2. The summed E-state index contributed by atoms with van der Waals surface area (Å²) >= 11 is 0. The van der Waals surface area contributed by atoms with E-state index in [1.165, 1.54) is 27.8 Å². The van der Waals surface area contributed by atoms with Crippen LogP contribution in [0.5, 0.6) is 0 Å². The zero-order valence-corrected chi connectivity index (χ0v) is 15.7. The molecule has 1 heterocycles. The zero-order valence-electron chi connectivity index (χ0n) is 15.7. The fourth-order valence-corrected chi connectivity index (χ4v) is 3.78. The van der Waals surface area contributed by atoms with Gasteiger partial charge in [0.15, 0.2) is 0 Å². The van der Waals surface area contributed by atoms with Crippen LogP contribution in [0.3, 0.4) is 0 Å². The van der Waals surface area contributed by atoms with E-state index in [9.17, 15) is 0 Å². The summed E-state index contributed by atoms with van der Waals surface area (Å²) in [6, 6.07) is 15.0. The smallest absolute Gasteiger partial charge is 0.209 e. The van der Waals surface area contributed by atoms with Gasteiger partial charge in [-0.3, -0.25) is 0 Å². The fraction of sp³-hybridized carbons (Fsp3) is 0.364. The van der Waals surface area contributed by atoms with Crippen molar-refractivity contribution in [2.75, 3.05) is 14.2 Å². The number of fused-ring (bicyclic) bond motifs is 4. The minimum Gasteiger partial charge on any atom is -0.483 e. The molecule has 0 N–H and O–H groups in total. The topological polar surface area (TPSA) is 43.2 Å². The molecule has 0 saturated heterocycles. The van der Waals surface area contributed by atoms with Crippen molar-refractivity contribution >= 4 is 11.8 Å². The lowest BCUT2D eigenvalue weighted by Crippen LogP contribution is -2.38. The van der Waals surface area contributed by atoms with Crippen LogP contribution in [-0.4, -0.2) is 38.1 Å². The molecule has 4 heteroatoms. The van der Waals surface area contributed by atoms with Gasteiger partial charge in [0.05, 0.1) is 14.2 Å². The van der Waals surface area contributed by atoms with Gasteiger partial charge in [0, 0.05) is 6.42 Å². The second kappa shape index (κ2) is 6.60. The number of methoxy groups -OCH3 is 2. The lowest BCUT2D eigenvalue weighted by atomic mass is 9.79. The van der Waals surface area contributed by atoms with Gasteiger partial charge in [-0.2, -0.15) is 0 Å². The Labute approximate surface area is 154 Å². The molecule has 26 heavy (non-hydrogen) atoms. The second-order valence-electron chi connectivity index (χ2n) is 7.18. The lowest BCUT2D eigenvalue weighted by molar-refractivity contribution is 0.332. The third-order valence-corrected chi connectivity index (χ3v) is 5.16. The molecule has 0 bridgehead atoms. The second-order valence-corrected chi connectivity index (χ2v) is 7.18. The van der Waals surface area contributed by atoms with Crippen molar-refractivity contribution in [1.29, 1.82) is 0 Å². The summed E-state index contributed by atoms with van der Waals surface area (Å²) in [5.41, 5.74) is 6.55. The van der Waals surface area contributed by atoms with Crippen LogP contribution in [0.25, 0.3) is 22.3 Å².